The Labute approximate surface area is 105 Å². The predicted molar refractivity (Wildman–Crippen MR) is 67.5 cm³/mol. The number of amidine groups is 1. The Balaban J connectivity index is 2.08. The van der Waals surface area contributed by atoms with Gasteiger partial charge in [0, 0.05) is 26.0 Å². The lowest BCUT2D eigenvalue weighted by Crippen LogP contribution is -2.41. The summed E-state index contributed by atoms with van der Waals surface area (Å²) in [4.78, 5) is 6.15. The standard InChI is InChI=1S/C11H13ClN4O/c1-13-15-11-8-17-5-4-16(11)7-9-2-3-10(12)14-6-9/h2-3,6H,1,4-5,7-8H2/b15-11+. The van der Waals surface area contributed by atoms with Crippen molar-refractivity contribution in [1.29, 1.82) is 0 Å². The molecule has 0 radical (unpaired) electrons. The molecule has 0 aliphatic carbocycles. The first-order chi connectivity index (χ1) is 8.29. The Morgan fingerprint density at radius 3 is 3.12 bits per heavy atom. The lowest BCUT2D eigenvalue weighted by molar-refractivity contribution is 0.113. The Morgan fingerprint density at radius 2 is 2.41 bits per heavy atom. The van der Waals surface area contributed by atoms with Crippen LogP contribution in [0.15, 0.2) is 28.5 Å². The topological polar surface area (TPSA) is 50.1 Å². The summed E-state index contributed by atoms with van der Waals surface area (Å²) in [6.07, 6.45) is 1.76. The minimum atomic E-state index is 0.472. The monoisotopic (exact) mass is 252 g/mol. The molecule has 1 saturated heterocycles. The van der Waals surface area contributed by atoms with E-state index in [1.807, 2.05) is 6.07 Å². The third-order valence-electron chi connectivity index (χ3n) is 2.45. The number of pyridine rings is 1. The van der Waals surface area contributed by atoms with Gasteiger partial charge in [0.2, 0.25) is 0 Å². The van der Waals surface area contributed by atoms with E-state index in [9.17, 15) is 0 Å². The Hall–Kier alpha value is -1.46. The van der Waals surface area contributed by atoms with Crippen LogP contribution in [0.5, 0.6) is 0 Å². The van der Waals surface area contributed by atoms with Crippen LogP contribution in [0.3, 0.4) is 0 Å². The highest BCUT2D eigenvalue weighted by Crippen LogP contribution is 2.10. The van der Waals surface area contributed by atoms with E-state index in [2.05, 4.69) is 26.8 Å². The fourth-order valence-electron chi connectivity index (χ4n) is 1.62. The summed E-state index contributed by atoms with van der Waals surface area (Å²) in [5.41, 5.74) is 1.08. The van der Waals surface area contributed by atoms with Crippen LogP contribution in [0, 0.1) is 0 Å². The van der Waals surface area contributed by atoms with Gasteiger partial charge < -0.3 is 9.64 Å². The van der Waals surface area contributed by atoms with Crippen LogP contribution in [0.4, 0.5) is 0 Å². The molecule has 1 fully saturated rings. The van der Waals surface area contributed by atoms with Crippen LogP contribution < -0.4 is 0 Å². The van der Waals surface area contributed by atoms with Crippen LogP contribution in [0.25, 0.3) is 0 Å². The van der Waals surface area contributed by atoms with Crippen LogP contribution in [-0.2, 0) is 11.3 Å². The van der Waals surface area contributed by atoms with Gasteiger partial charge >= 0.3 is 0 Å². The van der Waals surface area contributed by atoms with Crippen LogP contribution >= 0.6 is 11.6 Å². The van der Waals surface area contributed by atoms with Crippen molar-refractivity contribution in [2.45, 2.75) is 6.54 Å². The van der Waals surface area contributed by atoms with E-state index in [0.29, 0.717) is 18.4 Å². The predicted octanol–water partition coefficient (Wildman–Crippen LogP) is 1.58. The molecule has 0 atom stereocenters. The lowest BCUT2D eigenvalue weighted by Gasteiger charge is -2.29. The zero-order valence-electron chi connectivity index (χ0n) is 9.34. The molecule has 17 heavy (non-hydrogen) atoms. The molecule has 0 unspecified atom stereocenters. The highest BCUT2D eigenvalue weighted by molar-refractivity contribution is 6.29. The fourth-order valence-corrected chi connectivity index (χ4v) is 1.73. The van der Waals surface area contributed by atoms with E-state index >= 15 is 0 Å². The summed E-state index contributed by atoms with van der Waals surface area (Å²) < 4.78 is 5.32. The van der Waals surface area contributed by atoms with E-state index in [1.165, 1.54) is 0 Å². The number of nitrogens with zero attached hydrogens (tertiary/aromatic N) is 4. The van der Waals surface area contributed by atoms with Crippen molar-refractivity contribution in [3.8, 4) is 0 Å². The first kappa shape index (κ1) is 12.0. The highest BCUT2D eigenvalue weighted by atomic mass is 35.5. The maximum Gasteiger partial charge on any atom is 0.154 e. The van der Waals surface area contributed by atoms with Gasteiger partial charge in [-0.1, -0.05) is 17.7 Å². The number of rotatable bonds is 3. The molecule has 90 valence electrons. The number of morpholine rings is 1. The molecule has 0 N–H and O–H groups in total. The van der Waals surface area contributed by atoms with Crippen LogP contribution in [-0.4, -0.2) is 42.2 Å². The summed E-state index contributed by atoms with van der Waals surface area (Å²) in [7, 11) is 0. The summed E-state index contributed by atoms with van der Waals surface area (Å²) in [5.74, 6) is 0.793. The zero-order chi connectivity index (χ0) is 12.1. The molecular weight excluding hydrogens is 240 g/mol. The molecule has 0 saturated carbocycles. The van der Waals surface area contributed by atoms with E-state index in [1.54, 1.807) is 12.3 Å². The van der Waals surface area contributed by atoms with Gasteiger partial charge in [0.25, 0.3) is 0 Å². The van der Waals surface area contributed by atoms with Crippen molar-refractivity contribution in [2.24, 2.45) is 10.2 Å². The number of halogens is 1. The second-order valence-corrected chi connectivity index (χ2v) is 4.01. The van der Waals surface area contributed by atoms with Crippen molar-refractivity contribution in [3.05, 3.63) is 29.0 Å². The summed E-state index contributed by atoms with van der Waals surface area (Å²) in [6.45, 7) is 6.04. The maximum absolute atomic E-state index is 5.74. The average Bonchev–Trinajstić information content (AvgIpc) is 2.35. The molecule has 0 aromatic carbocycles. The van der Waals surface area contributed by atoms with Crippen molar-refractivity contribution in [2.75, 3.05) is 19.8 Å². The molecule has 1 aromatic rings. The first-order valence-corrected chi connectivity index (χ1v) is 5.63. The van der Waals surface area contributed by atoms with Gasteiger partial charge in [-0.25, -0.2) is 4.98 Å². The van der Waals surface area contributed by atoms with E-state index < -0.39 is 0 Å². The minimum absolute atomic E-state index is 0.472. The molecular formula is C11H13ClN4O. The number of hydrogen-bond acceptors (Lipinski definition) is 4. The van der Waals surface area contributed by atoms with Gasteiger partial charge in [-0.05, 0) is 11.6 Å². The number of ether oxygens (including phenoxy) is 1. The summed E-state index contributed by atoms with van der Waals surface area (Å²) >= 11 is 5.74. The van der Waals surface area contributed by atoms with Gasteiger partial charge in [-0.3, -0.25) is 0 Å². The molecule has 0 bridgehead atoms. The summed E-state index contributed by atoms with van der Waals surface area (Å²) in [5, 5.41) is 8.01. The highest BCUT2D eigenvalue weighted by Gasteiger charge is 2.17. The molecule has 1 aromatic heterocycles. The molecule has 5 nitrogen and oxygen atoms in total. The van der Waals surface area contributed by atoms with Gasteiger partial charge in [-0.2, -0.15) is 5.10 Å². The maximum atomic E-state index is 5.74. The van der Waals surface area contributed by atoms with Gasteiger partial charge in [0.15, 0.2) is 5.84 Å². The van der Waals surface area contributed by atoms with Crippen LogP contribution in [0.1, 0.15) is 5.56 Å². The normalized spacial score (nSPS) is 18.4. The van der Waals surface area contributed by atoms with E-state index in [0.717, 1.165) is 24.5 Å². The lowest BCUT2D eigenvalue weighted by atomic mass is 10.2. The van der Waals surface area contributed by atoms with Gasteiger partial charge in [0.1, 0.15) is 11.8 Å². The Morgan fingerprint density at radius 1 is 1.53 bits per heavy atom. The summed E-state index contributed by atoms with van der Waals surface area (Å²) in [6, 6.07) is 3.73. The largest absolute Gasteiger partial charge is 0.372 e. The molecule has 1 aliphatic heterocycles. The second kappa shape index (κ2) is 5.75. The van der Waals surface area contributed by atoms with Crippen molar-refractivity contribution < 1.29 is 4.74 Å². The van der Waals surface area contributed by atoms with Crippen molar-refractivity contribution >= 4 is 24.2 Å². The Bertz CT molecular complexity index is 418. The molecule has 0 amide bonds. The van der Waals surface area contributed by atoms with Crippen molar-refractivity contribution in [3.63, 3.8) is 0 Å². The minimum Gasteiger partial charge on any atom is -0.372 e. The van der Waals surface area contributed by atoms with E-state index in [4.69, 9.17) is 16.3 Å². The third-order valence-corrected chi connectivity index (χ3v) is 2.67. The molecule has 1 aliphatic rings. The van der Waals surface area contributed by atoms with Crippen LogP contribution in [0.2, 0.25) is 5.15 Å². The number of aromatic nitrogens is 1. The Kier molecular flexibility index (Phi) is 4.06. The molecule has 0 spiro atoms. The number of hydrogen-bond donors (Lipinski definition) is 0. The third kappa shape index (κ3) is 3.25. The van der Waals surface area contributed by atoms with Crippen molar-refractivity contribution in [1.82, 2.24) is 9.88 Å². The molecule has 6 heteroatoms. The molecule has 2 rings (SSSR count). The first-order valence-electron chi connectivity index (χ1n) is 5.25. The SMILES string of the molecule is C=N/N=C1\COCCN1Cc1ccc(Cl)nc1. The zero-order valence-corrected chi connectivity index (χ0v) is 10.1. The second-order valence-electron chi connectivity index (χ2n) is 3.62. The van der Waals surface area contributed by atoms with E-state index in [-0.39, 0.29) is 0 Å². The quantitative estimate of drug-likeness (QED) is 0.466. The van der Waals surface area contributed by atoms with Gasteiger partial charge in [-0.15, -0.1) is 5.10 Å². The average molecular weight is 253 g/mol. The van der Waals surface area contributed by atoms with Gasteiger partial charge in [0.05, 0.1) is 6.61 Å². The molecule has 2 heterocycles. The smallest absolute Gasteiger partial charge is 0.154 e. The fraction of sp³-hybridized carbons (Fsp3) is 0.364.